The third-order valence-corrected chi connectivity index (χ3v) is 4.43. The van der Waals surface area contributed by atoms with Crippen molar-refractivity contribution in [1.82, 2.24) is 0 Å². The molecule has 3 aromatic rings. The Kier molecular flexibility index (Phi) is 5.42. The van der Waals surface area contributed by atoms with Gasteiger partial charge in [-0.3, -0.25) is 9.59 Å². The van der Waals surface area contributed by atoms with Crippen molar-refractivity contribution in [2.45, 2.75) is 40.9 Å². The van der Waals surface area contributed by atoms with Gasteiger partial charge in [0.2, 0.25) is 0 Å². The summed E-state index contributed by atoms with van der Waals surface area (Å²) in [6.07, 6.45) is -1.07. The normalized spacial score (nSPS) is 12.7. The van der Waals surface area contributed by atoms with Crippen LogP contribution in [0, 0.1) is 11.8 Å². The fraction of sp³-hybridized carbons (Fsp3) is 0.364. The highest BCUT2D eigenvalue weighted by Crippen LogP contribution is 2.45. The Labute approximate surface area is 163 Å². The topological polar surface area (TPSA) is 86.0 Å². The van der Waals surface area contributed by atoms with Crippen molar-refractivity contribution in [3.63, 3.8) is 0 Å². The number of carbonyl (C=O) groups excluding carboxylic acids is 2. The minimum absolute atomic E-state index is 0.121. The second-order valence-corrected chi connectivity index (χ2v) is 7.44. The zero-order valence-corrected chi connectivity index (χ0v) is 16.6. The van der Waals surface area contributed by atoms with Crippen LogP contribution in [-0.2, 0) is 4.79 Å². The highest BCUT2D eigenvalue weighted by molar-refractivity contribution is 6.12. The number of rotatable bonds is 6. The summed E-state index contributed by atoms with van der Waals surface area (Å²) in [6, 6.07) is 8.76. The van der Waals surface area contributed by atoms with Crippen molar-refractivity contribution >= 4 is 33.5 Å². The predicted molar refractivity (Wildman–Crippen MR) is 106 cm³/mol. The number of furan rings is 1. The van der Waals surface area contributed by atoms with Crippen LogP contribution in [0.25, 0.3) is 21.7 Å². The monoisotopic (exact) mass is 384 g/mol. The van der Waals surface area contributed by atoms with Crippen molar-refractivity contribution in [2.75, 3.05) is 0 Å². The second kappa shape index (κ2) is 7.64. The van der Waals surface area contributed by atoms with Gasteiger partial charge in [0.1, 0.15) is 5.75 Å². The Morgan fingerprint density at radius 1 is 1.00 bits per heavy atom. The molecule has 0 saturated carbocycles. The minimum Gasteiger partial charge on any atom is -0.460 e. The van der Waals surface area contributed by atoms with Crippen molar-refractivity contribution in [2.24, 2.45) is 11.8 Å². The fourth-order valence-corrected chi connectivity index (χ4v) is 2.75. The van der Waals surface area contributed by atoms with Gasteiger partial charge in [0, 0.05) is 23.6 Å². The maximum absolute atomic E-state index is 12.3. The van der Waals surface area contributed by atoms with Crippen LogP contribution in [0.2, 0.25) is 0 Å². The summed E-state index contributed by atoms with van der Waals surface area (Å²) in [6.45, 7) is 8.53. The van der Waals surface area contributed by atoms with Gasteiger partial charge in [-0.2, -0.15) is 0 Å². The summed E-state index contributed by atoms with van der Waals surface area (Å²) >= 11 is 0. The van der Waals surface area contributed by atoms with E-state index in [2.05, 4.69) is 0 Å². The van der Waals surface area contributed by atoms with E-state index in [1.807, 2.05) is 26.0 Å². The number of ketones is 1. The molecule has 0 aliphatic carbocycles. The van der Waals surface area contributed by atoms with Gasteiger partial charge in [0.05, 0.1) is 11.3 Å². The van der Waals surface area contributed by atoms with E-state index in [1.165, 1.54) is 6.92 Å². The van der Waals surface area contributed by atoms with E-state index in [9.17, 15) is 14.7 Å². The number of esters is 1. The van der Waals surface area contributed by atoms with Crippen molar-refractivity contribution < 1.29 is 28.6 Å². The smallest absolute Gasteiger partial charge is 0.313 e. The zero-order chi connectivity index (χ0) is 20.6. The highest BCUT2D eigenvalue weighted by atomic mass is 16.6. The molecule has 28 heavy (non-hydrogen) atoms. The average Bonchev–Trinajstić information content (AvgIpc) is 3.09. The van der Waals surface area contributed by atoms with Crippen molar-refractivity contribution in [3.05, 3.63) is 36.1 Å². The molecule has 0 aliphatic rings. The third kappa shape index (κ3) is 3.60. The number of aliphatic hydroxyl groups excluding tert-OH is 1. The van der Waals surface area contributed by atoms with E-state index < -0.39 is 12.3 Å². The lowest BCUT2D eigenvalue weighted by molar-refractivity contribution is -0.137. The van der Waals surface area contributed by atoms with Crippen LogP contribution in [0.3, 0.4) is 0 Å². The Hall–Kier alpha value is -2.86. The molecule has 3 rings (SSSR count). The van der Waals surface area contributed by atoms with Gasteiger partial charge >= 0.3 is 5.97 Å². The Morgan fingerprint density at radius 3 is 2.14 bits per heavy atom. The summed E-state index contributed by atoms with van der Waals surface area (Å²) < 4.78 is 17.2. The molecule has 6 nitrogen and oxygen atoms in total. The molecule has 1 unspecified atom stereocenters. The standard InChI is InChI=1S/C22H24O6/c1-11(2)21(24)27-18-14-8-6-7-9-15(14)19(28-22(25)12(3)4)20-16(18)10-17(26-20)13(5)23/h6-12,22,25H,1-5H3. The number of aliphatic hydroxyl groups is 1. The SMILES string of the molecule is CC(=O)c1cc2c(OC(=O)C(C)C)c3ccccc3c(OC(O)C(C)C)c2o1. The molecule has 0 spiro atoms. The van der Waals surface area contributed by atoms with Crippen LogP contribution in [0.4, 0.5) is 0 Å². The number of hydrogen-bond donors (Lipinski definition) is 1. The Morgan fingerprint density at radius 2 is 1.61 bits per heavy atom. The van der Waals surface area contributed by atoms with Gasteiger partial charge in [-0.1, -0.05) is 52.0 Å². The van der Waals surface area contributed by atoms with Crippen LogP contribution in [0.1, 0.15) is 45.2 Å². The first-order valence-electron chi connectivity index (χ1n) is 9.26. The van der Waals surface area contributed by atoms with Gasteiger partial charge in [0.15, 0.2) is 29.2 Å². The van der Waals surface area contributed by atoms with E-state index in [4.69, 9.17) is 13.9 Å². The van der Waals surface area contributed by atoms with Gasteiger partial charge < -0.3 is 19.0 Å². The Balaban J connectivity index is 2.35. The number of ether oxygens (including phenoxy) is 2. The molecule has 1 aromatic heterocycles. The van der Waals surface area contributed by atoms with Crippen molar-refractivity contribution in [1.29, 1.82) is 0 Å². The summed E-state index contributed by atoms with van der Waals surface area (Å²) in [7, 11) is 0. The summed E-state index contributed by atoms with van der Waals surface area (Å²) in [5, 5.41) is 12.0. The second-order valence-electron chi connectivity index (χ2n) is 7.44. The highest BCUT2D eigenvalue weighted by Gasteiger charge is 2.25. The molecule has 0 bridgehead atoms. The summed E-state index contributed by atoms with van der Waals surface area (Å²) in [5.74, 6) is -0.405. The number of benzene rings is 2. The molecule has 0 amide bonds. The Bertz CT molecular complexity index is 1040. The number of carbonyl (C=O) groups is 2. The van der Waals surface area contributed by atoms with E-state index in [0.29, 0.717) is 27.7 Å². The van der Waals surface area contributed by atoms with Crippen LogP contribution >= 0.6 is 0 Å². The van der Waals surface area contributed by atoms with E-state index >= 15 is 0 Å². The van der Waals surface area contributed by atoms with E-state index in [0.717, 1.165) is 0 Å². The third-order valence-electron chi connectivity index (χ3n) is 4.43. The van der Waals surface area contributed by atoms with Crippen molar-refractivity contribution in [3.8, 4) is 11.5 Å². The largest absolute Gasteiger partial charge is 0.460 e. The summed E-state index contributed by atoms with van der Waals surface area (Å²) in [4.78, 5) is 24.2. The molecule has 0 saturated heterocycles. The number of Topliss-reactive ketones (excluding diaryl/α,β-unsaturated/α-hetero) is 1. The number of fused-ring (bicyclic) bond motifs is 2. The molecular formula is C22H24O6. The molecule has 6 heteroatoms. The molecule has 148 valence electrons. The van der Waals surface area contributed by atoms with E-state index in [-0.39, 0.29) is 29.0 Å². The first-order valence-corrected chi connectivity index (χ1v) is 9.26. The van der Waals surface area contributed by atoms with Gasteiger partial charge in [-0.25, -0.2) is 0 Å². The lowest BCUT2D eigenvalue weighted by Crippen LogP contribution is -2.22. The fourth-order valence-electron chi connectivity index (χ4n) is 2.75. The maximum atomic E-state index is 12.3. The molecule has 1 heterocycles. The van der Waals surface area contributed by atoms with Crippen LogP contribution in [-0.4, -0.2) is 23.1 Å². The lowest BCUT2D eigenvalue weighted by Gasteiger charge is -2.19. The first-order chi connectivity index (χ1) is 13.2. The minimum atomic E-state index is -1.07. The van der Waals surface area contributed by atoms with Crippen LogP contribution < -0.4 is 9.47 Å². The molecule has 1 atom stereocenters. The van der Waals surface area contributed by atoms with Gasteiger partial charge in [-0.05, 0) is 6.07 Å². The van der Waals surface area contributed by atoms with Gasteiger partial charge in [-0.15, -0.1) is 0 Å². The molecule has 1 N–H and O–H groups in total. The summed E-state index contributed by atoms with van der Waals surface area (Å²) in [5.41, 5.74) is 0.259. The van der Waals surface area contributed by atoms with Crippen LogP contribution in [0.5, 0.6) is 11.5 Å². The number of hydrogen-bond acceptors (Lipinski definition) is 6. The van der Waals surface area contributed by atoms with E-state index in [1.54, 1.807) is 32.0 Å². The zero-order valence-electron chi connectivity index (χ0n) is 16.6. The molecule has 0 aliphatic heterocycles. The molecule has 0 fully saturated rings. The lowest BCUT2D eigenvalue weighted by atomic mass is 10.0. The average molecular weight is 384 g/mol. The molecular weight excluding hydrogens is 360 g/mol. The maximum Gasteiger partial charge on any atom is 0.313 e. The first kappa shape index (κ1) is 19.9. The predicted octanol–water partition coefficient (Wildman–Crippen LogP) is 4.70. The molecule has 2 aromatic carbocycles. The quantitative estimate of drug-likeness (QED) is 0.287. The van der Waals surface area contributed by atoms with Gasteiger partial charge in [0.25, 0.3) is 0 Å². The van der Waals surface area contributed by atoms with Crippen LogP contribution in [0.15, 0.2) is 34.7 Å². The molecule has 0 radical (unpaired) electrons.